The Morgan fingerprint density at radius 1 is 1.11 bits per heavy atom. The predicted molar refractivity (Wildman–Crippen MR) is 113 cm³/mol. The monoisotopic (exact) mass is 382 g/mol. The summed E-state index contributed by atoms with van der Waals surface area (Å²) in [6.45, 7) is 10.3. The van der Waals surface area contributed by atoms with E-state index < -0.39 is 0 Å². The molecule has 3 aromatic rings. The Hall–Kier alpha value is -2.47. The molecule has 0 saturated carbocycles. The Balaban J connectivity index is 1.88. The molecule has 0 aliphatic heterocycles. The first-order chi connectivity index (χ1) is 13.0. The van der Waals surface area contributed by atoms with Crippen molar-refractivity contribution in [3.63, 3.8) is 0 Å². The maximum absolute atomic E-state index is 12.2. The Bertz CT molecular complexity index is 929. The third-order valence-electron chi connectivity index (χ3n) is 4.75. The summed E-state index contributed by atoms with van der Waals surface area (Å²) in [6, 6.07) is 8.53. The van der Waals surface area contributed by atoms with E-state index in [1.54, 1.807) is 17.7 Å². The highest BCUT2D eigenvalue weighted by Gasteiger charge is 2.17. The van der Waals surface area contributed by atoms with Gasteiger partial charge < -0.3 is 10.2 Å². The Morgan fingerprint density at radius 2 is 1.81 bits per heavy atom. The van der Waals surface area contributed by atoms with E-state index in [1.807, 2.05) is 18.7 Å². The van der Waals surface area contributed by atoms with E-state index in [9.17, 15) is 4.79 Å². The van der Waals surface area contributed by atoms with Crippen molar-refractivity contribution in [1.29, 1.82) is 0 Å². The molecule has 0 fully saturated rings. The molecule has 2 heterocycles. The minimum absolute atomic E-state index is 0.165. The number of fused-ring (bicyclic) bond motifs is 1. The molecule has 0 bridgehead atoms. The number of aryl methyl sites for hydroxylation is 2. The second-order valence-corrected chi connectivity index (χ2v) is 7.75. The van der Waals surface area contributed by atoms with Crippen molar-refractivity contribution >= 4 is 33.3 Å². The van der Waals surface area contributed by atoms with Crippen LogP contribution >= 0.6 is 11.3 Å². The molecule has 0 saturated heterocycles. The first-order valence-electron chi connectivity index (χ1n) is 9.37. The van der Waals surface area contributed by atoms with Gasteiger partial charge in [0.05, 0.1) is 5.39 Å². The molecular weight excluding hydrogens is 356 g/mol. The number of benzene rings is 1. The first kappa shape index (κ1) is 19.3. The molecule has 1 aromatic carbocycles. The average molecular weight is 383 g/mol. The van der Waals surface area contributed by atoms with Gasteiger partial charge in [-0.05, 0) is 33.3 Å². The number of thiophene rings is 1. The largest absolute Gasteiger partial charge is 0.369 e. The standard InChI is InChI=1S/C21H26N4OS/c1-5-25(6-2)17(26)11-12-22-20-19-18(16-9-7-14(3)8-10-16)15(4)27-21(19)24-13-23-20/h7-10,13H,5-6,11-12H2,1-4H3,(H,22,23,24). The number of amides is 1. The van der Waals surface area contributed by atoms with E-state index in [0.29, 0.717) is 13.0 Å². The van der Waals surface area contributed by atoms with Gasteiger partial charge in [0.1, 0.15) is 17.0 Å². The molecule has 3 rings (SSSR count). The van der Waals surface area contributed by atoms with Crippen molar-refractivity contribution in [2.75, 3.05) is 25.0 Å². The van der Waals surface area contributed by atoms with E-state index in [4.69, 9.17) is 0 Å². The number of hydrogen-bond donors (Lipinski definition) is 1. The Morgan fingerprint density at radius 3 is 2.48 bits per heavy atom. The second kappa shape index (κ2) is 8.48. The van der Waals surface area contributed by atoms with Gasteiger partial charge in [-0.1, -0.05) is 29.8 Å². The maximum Gasteiger partial charge on any atom is 0.224 e. The zero-order valence-electron chi connectivity index (χ0n) is 16.4. The lowest BCUT2D eigenvalue weighted by atomic mass is 10.0. The van der Waals surface area contributed by atoms with Crippen LogP contribution in [0.2, 0.25) is 0 Å². The van der Waals surface area contributed by atoms with Gasteiger partial charge in [-0.2, -0.15) is 0 Å². The molecule has 1 amide bonds. The van der Waals surface area contributed by atoms with Crippen molar-refractivity contribution in [2.24, 2.45) is 0 Å². The highest BCUT2D eigenvalue weighted by molar-refractivity contribution is 7.19. The van der Waals surface area contributed by atoms with Gasteiger partial charge in [0.2, 0.25) is 5.91 Å². The van der Waals surface area contributed by atoms with Crippen LogP contribution < -0.4 is 5.32 Å². The molecule has 5 nitrogen and oxygen atoms in total. The van der Waals surface area contributed by atoms with E-state index in [2.05, 4.69) is 53.4 Å². The highest BCUT2D eigenvalue weighted by atomic mass is 32.1. The minimum Gasteiger partial charge on any atom is -0.369 e. The third-order valence-corrected chi connectivity index (χ3v) is 5.77. The van der Waals surface area contributed by atoms with Crippen LogP contribution in [0.4, 0.5) is 5.82 Å². The van der Waals surface area contributed by atoms with Gasteiger partial charge in [-0.25, -0.2) is 9.97 Å². The van der Waals surface area contributed by atoms with Crippen LogP contribution in [0.1, 0.15) is 30.7 Å². The highest BCUT2D eigenvalue weighted by Crippen LogP contribution is 2.40. The fourth-order valence-electron chi connectivity index (χ4n) is 3.27. The smallest absolute Gasteiger partial charge is 0.224 e. The SMILES string of the molecule is CCN(CC)C(=O)CCNc1ncnc2sc(C)c(-c3ccc(C)cc3)c12. The number of carbonyl (C=O) groups is 1. The van der Waals surface area contributed by atoms with Gasteiger partial charge in [0.25, 0.3) is 0 Å². The topological polar surface area (TPSA) is 58.1 Å². The van der Waals surface area contributed by atoms with Crippen LogP contribution in [0.25, 0.3) is 21.3 Å². The summed E-state index contributed by atoms with van der Waals surface area (Å²) in [5, 5.41) is 4.41. The summed E-state index contributed by atoms with van der Waals surface area (Å²) in [4.78, 5) is 25.2. The summed E-state index contributed by atoms with van der Waals surface area (Å²) < 4.78 is 0. The number of nitrogens with one attached hydrogen (secondary N) is 1. The summed E-state index contributed by atoms with van der Waals surface area (Å²) in [5.74, 6) is 0.963. The van der Waals surface area contributed by atoms with Crippen LogP contribution in [0.15, 0.2) is 30.6 Å². The predicted octanol–water partition coefficient (Wildman–Crippen LogP) is 4.65. The van der Waals surface area contributed by atoms with E-state index in [-0.39, 0.29) is 5.91 Å². The van der Waals surface area contributed by atoms with Gasteiger partial charge >= 0.3 is 0 Å². The van der Waals surface area contributed by atoms with Crippen LogP contribution in [0, 0.1) is 13.8 Å². The average Bonchev–Trinajstić information content (AvgIpc) is 3.00. The first-order valence-corrected chi connectivity index (χ1v) is 10.2. The quantitative estimate of drug-likeness (QED) is 0.646. The molecule has 0 unspecified atom stereocenters. The van der Waals surface area contributed by atoms with Crippen molar-refractivity contribution < 1.29 is 4.79 Å². The minimum atomic E-state index is 0.165. The molecule has 0 radical (unpaired) electrons. The summed E-state index contributed by atoms with van der Waals surface area (Å²) >= 11 is 1.68. The zero-order chi connectivity index (χ0) is 19.4. The number of hydrogen-bond acceptors (Lipinski definition) is 5. The second-order valence-electron chi connectivity index (χ2n) is 6.54. The molecule has 2 aromatic heterocycles. The molecule has 142 valence electrons. The Labute approximate surface area is 164 Å². The molecule has 0 aliphatic rings. The van der Waals surface area contributed by atoms with Gasteiger partial charge in [0, 0.05) is 36.5 Å². The van der Waals surface area contributed by atoms with Crippen LogP contribution in [-0.4, -0.2) is 40.4 Å². The summed E-state index contributed by atoms with van der Waals surface area (Å²) in [5.41, 5.74) is 3.58. The molecule has 0 spiro atoms. The zero-order valence-corrected chi connectivity index (χ0v) is 17.2. The van der Waals surface area contributed by atoms with Gasteiger partial charge in [-0.15, -0.1) is 11.3 Å². The van der Waals surface area contributed by atoms with Gasteiger partial charge in [-0.3, -0.25) is 4.79 Å². The summed E-state index contributed by atoms with van der Waals surface area (Å²) in [6.07, 6.45) is 2.04. The van der Waals surface area contributed by atoms with E-state index in [0.717, 1.165) is 29.1 Å². The third kappa shape index (κ3) is 4.11. The van der Waals surface area contributed by atoms with Crippen molar-refractivity contribution in [1.82, 2.24) is 14.9 Å². The lowest BCUT2D eigenvalue weighted by Gasteiger charge is -2.18. The molecule has 6 heteroatoms. The molecule has 1 N–H and O–H groups in total. The van der Waals surface area contributed by atoms with Crippen molar-refractivity contribution in [3.05, 3.63) is 41.0 Å². The van der Waals surface area contributed by atoms with Crippen LogP contribution in [0.5, 0.6) is 0 Å². The fourth-order valence-corrected chi connectivity index (χ4v) is 4.28. The van der Waals surface area contributed by atoms with Crippen LogP contribution in [0.3, 0.4) is 0 Å². The normalized spacial score (nSPS) is 11.0. The molecule has 0 aliphatic carbocycles. The Kier molecular flexibility index (Phi) is 6.06. The number of anilines is 1. The lowest BCUT2D eigenvalue weighted by molar-refractivity contribution is -0.130. The number of nitrogens with zero attached hydrogens (tertiary/aromatic N) is 3. The van der Waals surface area contributed by atoms with E-state index >= 15 is 0 Å². The molecule has 0 atom stereocenters. The van der Waals surface area contributed by atoms with Crippen molar-refractivity contribution in [2.45, 2.75) is 34.1 Å². The van der Waals surface area contributed by atoms with Crippen LogP contribution in [-0.2, 0) is 4.79 Å². The molecule has 27 heavy (non-hydrogen) atoms. The summed E-state index contributed by atoms with van der Waals surface area (Å²) in [7, 11) is 0. The van der Waals surface area contributed by atoms with Crippen molar-refractivity contribution in [3.8, 4) is 11.1 Å². The van der Waals surface area contributed by atoms with E-state index in [1.165, 1.54) is 21.6 Å². The number of rotatable bonds is 7. The van der Waals surface area contributed by atoms with Gasteiger partial charge in [0.15, 0.2) is 0 Å². The number of carbonyl (C=O) groups excluding carboxylic acids is 1. The number of aromatic nitrogens is 2. The fraction of sp³-hybridized carbons (Fsp3) is 0.381. The lowest BCUT2D eigenvalue weighted by Crippen LogP contribution is -2.31. The maximum atomic E-state index is 12.2. The molecular formula is C21H26N4OS.